The van der Waals surface area contributed by atoms with Crippen LogP contribution < -0.4 is 9.80 Å². The standard InChI is InChI=1S/C14H16FN3OS/c15-12-7-11(10-19)8-13(9-12)17-2-4-18(5-3-17)14-16-1-6-20-14/h1,6-9,19H,2-5,10H2. The summed E-state index contributed by atoms with van der Waals surface area (Å²) in [5, 5.41) is 12.2. The van der Waals surface area contributed by atoms with Crippen molar-refractivity contribution in [3.8, 4) is 0 Å². The quantitative estimate of drug-likeness (QED) is 0.941. The molecule has 1 aromatic carbocycles. The first-order chi connectivity index (χ1) is 9.76. The lowest BCUT2D eigenvalue weighted by Crippen LogP contribution is -2.46. The fourth-order valence-electron chi connectivity index (χ4n) is 2.44. The van der Waals surface area contributed by atoms with E-state index in [-0.39, 0.29) is 12.4 Å². The van der Waals surface area contributed by atoms with Gasteiger partial charge in [0.15, 0.2) is 5.13 Å². The van der Waals surface area contributed by atoms with Crippen LogP contribution in [-0.2, 0) is 6.61 Å². The van der Waals surface area contributed by atoms with Gasteiger partial charge in [0.1, 0.15) is 5.82 Å². The second kappa shape index (κ2) is 5.76. The van der Waals surface area contributed by atoms with Crippen molar-refractivity contribution in [2.45, 2.75) is 6.61 Å². The van der Waals surface area contributed by atoms with Gasteiger partial charge in [0.25, 0.3) is 0 Å². The Balaban J connectivity index is 1.70. The maximum Gasteiger partial charge on any atom is 0.185 e. The van der Waals surface area contributed by atoms with Crippen LogP contribution in [0.15, 0.2) is 29.8 Å². The lowest BCUT2D eigenvalue weighted by atomic mass is 10.1. The van der Waals surface area contributed by atoms with E-state index in [1.54, 1.807) is 11.3 Å². The van der Waals surface area contributed by atoms with Crippen molar-refractivity contribution in [3.05, 3.63) is 41.2 Å². The third kappa shape index (κ3) is 2.76. The summed E-state index contributed by atoms with van der Waals surface area (Å²) in [5.74, 6) is -0.297. The first-order valence-corrected chi connectivity index (χ1v) is 7.44. The van der Waals surface area contributed by atoms with Crippen molar-refractivity contribution >= 4 is 22.2 Å². The van der Waals surface area contributed by atoms with Crippen LogP contribution in [0.25, 0.3) is 0 Å². The molecule has 0 aliphatic carbocycles. The second-order valence-electron chi connectivity index (χ2n) is 4.76. The molecule has 3 rings (SSSR count). The number of thiazole rings is 1. The molecule has 0 atom stereocenters. The first kappa shape index (κ1) is 13.3. The highest BCUT2D eigenvalue weighted by Gasteiger charge is 2.19. The van der Waals surface area contributed by atoms with Crippen LogP contribution in [0.4, 0.5) is 15.2 Å². The largest absolute Gasteiger partial charge is 0.392 e. The van der Waals surface area contributed by atoms with E-state index in [9.17, 15) is 4.39 Å². The maximum atomic E-state index is 13.5. The highest BCUT2D eigenvalue weighted by molar-refractivity contribution is 7.13. The topological polar surface area (TPSA) is 39.6 Å². The summed E-state index contributed by atoms with van der Waals surface area (Å²) in [6, 6.07) is 4.75. The highest BCUT2D eigenvalue weighted by atomic mass is 32.1. The Hall–Kier alpha value is -1.66. The Morgan fingerprint density at radius 1 is 1.15 bits per heavy atom. The van der Waals surface area contributed by atoms with Crippen molar-refractivity contribution in [1.29, 1.82) is 0 Å². The van der Waals surface area contributed by atoms with Gasteiger partial charge in [-0.1, -0.05) is 0 Å². The summed E-state index contributed by atoms with van der Waals surface area (Å²) in [5.41, 5.74) is 1.45. The van der Waals surface area contributed by atoms with E-state index in [1.165, 1.54) is 12.1 Å². The normalized spacial score (nSPS) is 15.7. The van der Waals surface area contributed by atoms with E-state index in [1.807, 2.05) is 17.6 Å². The number of aromatic nitrogens is 1. The number of benzene rings is 1. The number of piperazine rings is 1. The molecule has 0 radical (unpaired) electrons. The van der Waals surface area contributed by atoms with Crippen LogP contribution in [0.2, 0.25) is 0 Å². The van der Waals surface area contributed by atoms with E-state index < -0.39 is 0 Å². The molecule has 2 heterocycles. The molecule has 20 heavy (non-hydrogen) atoms. The Labute approximate surface area is 121 Å². The van der Waals surface area contributed by atoms with Crippen LogP contribution in [0, 0.1) is 5.82 Å². The van der Waals surface area contributed by atoms with Crippen molar-refractivity contribution in [1.82, 2.24) is 4.98 Å². The number of halogens is 1. The monoisotopic (exact) mass is 293 g/mol. The molecule has 1 saturated heterocycles. The number of anilines is 2. The zero-order valence-corrected chi connectivity index (χ0v) is 11.8. The number of aliphatic hydroxyl groups excluding tert-OH is 1. The summed E-state index contributed by atoms with van der Waals surface area (Å²) in [6.45, 7) is 3.27. The number of rotatable bonds is 3. The Morgan fingerprint density at radius 2 is 1.90 bits per heavy atom. The van der Waals surface area contributed by atoms with E-state index >= 15 is 0 Å². The summed E-state index contributed by atoms with van der Waals surface area (Å²) in [4.78, 5) is 8.70. The third-order valence-corrected chi connectivity index (χ3v) is 4.29. The van der Waals surface area contributed by atoms with Crippen molar-refractivity contribution in [3.63, 3.8) is 0 Å². The lowest BCUT2D eigenvalue weighted by molar-refractivity contribution is 0.281. The maximum absolute atomic E-state index is 13.5. The number of nitrogens with zero attached hydrogens (tertiary/aromatic N) is 3. The number of aliphatic hydroxyl groups is 1. The molecule has 1 aromatic heterocycles. The molecule has 1 aliphatic heterocycles. The minimum atomic E-state index is -0.297. The van der Waals surface area contributed by atoms with Gasteiger partial charge in [-0.25, -0.2) is 9.37 Å². The first-order valence-electron chi connectivity index (χ1n) is 6.56. The summed E-state index contributed by atoms with van der Waals surface area (Å²) < 4.78 is 13.5. The van der Waals surface area contributed by atoms with Gasteiger partial charge in [0.05, 0.1) is 6.61 Å². The molecule has 0 amide bonds. The molecule has 1 aliphatic rings. The minimum Gasteiger partial charge on any atom is -0.392 e. The molecule has 0 bridgehead atoms. The van der Waals surface area contributed by atoms with E-state index in [2.05, 4.69) is 14.8 Å². The molecule has 0 saturated carbocycles. The van der Waals surface area contributed by atoms with E-state index in [0.29, 0.717) is 5.56 Å². The molecule has 6 heteroatoms. The zero-order chi connectivity index (χ0) is 13.9. The SMILES string of the molecule is OCc1cc(F)cc(N2CCN(c3nccs3)CC2)c1. The Morgan fingerprint density at radius 3 is 2.55 bits per heavy atom. The van der Waals surface area contributed by atoms with Gasteiger partial charge in [0.2, 0.25) is 0 Å². The minimum absolute atomic E-state index is 0.135. The molecular weight excluding hydrogens is 277 g/mol. The Bertz CT molecular complexity index is 568. The lowest BCUT2D eigenvalue weighted by Gasteiger charge is -2.36. The predicted molar refractivity (Wildman–Crippen MR) is 78.9 cm³/mol. The average molecular weight is 293 g/mol. The molecule has 1 fully saturated rings. The summed E-state index contributed by atoms with van der Waals surface area (Å²) in [6.07, 6.45) is 1.81. The molecule has 1 N–H and O–H groups in total. The molecule has 0 unspecified atom stereocenters. The van der Waals surface area contributed by atoms with Gasteiger partial charge >= 0.3 is 0 Å². The van der Waals surface area contributed by atoms with Crippen molar-refractivity contribution in [2.24, 2.45) is 0 Å². The van der Waals surface area contributed by atoms with E-state index in [4.69, 9.17) is 5.11 Å². The van der Waals surface area contributed by atoms with Crippen LogP contribution in [0.1, 0.15) is 5.56 Å². The second-order valence-corrected chi connectivity index (χ2v) is 5.64. The van der Waals surface area contributed by atoms with Crippen molar-refractivity contribution < 1.29 is 9.50 Å². The van der Waals surface area contributed by atoms with Crippen LogP contribution in [0.5, 0.6) is 0 Å². The summed E-state index contributed by atoms with van der Waals surface area (Å²) in [7, 11) is 0. The van der Waals surface area contributed by atoms with Gasteiger partial charge in [-0.15, -0.1) is 11.3 Å². The fourth-order valence-corrected chi connectivity index (χ4v) is 3.13. The van der Waals surface area contributed by atoms with Gasteiger partial charge in [0, 0.05) is 43.4 Å². The molecule has 106 valence electrons. The molecule has 4 nitrogen and oxygen atoms in total. The third-order valence-electron chi connectivity index (χ3n) is 3.46. The number of hydrogen-bond acceptors (Lipinski definition) is 5. The highest BCUT2D eigenvalue weighted by Crippen LogP contribution is 2.23. The Kier molecular flexibility index (Phi) is 3.84. The van der Waals surface area contributed by atoms with Gasteiger partial charge in [-0.3, -0.25) is 0 Å². The van der Waals surface area contributed by atoms with E-state index in [0.717, 1.165) is 37.0 Å². The average Bonchev–Trinajstić information content (AvgIpc) is 3.01. The van der Waals surface area contributed by atoms with Gasteiger partial charge in [-0.05, 0) is 23.8 Å². The predicted octanol–water partition coefficient (Wildman–Crippen LogP) is 2.10. The van der Waals surface area contributed by atoms with Crippen LogP contribution in [0.3, 0.4) is 0 Å². The summed E-state index contributed by atoms with van der Waals surface area (Å²) >= 11 is 1.64. The molecule has 0 spiro atoms. The van der Waals surface area contributed by atoms with Gasteiger partial charge < -0.3 is 14.9 Å². The van der Waals surface area contributed by atoms with Crippen LogP contribution >= 0.6 is 11.3 Å². The molecule has 2 aromatic rings. The zero-order valence-electron chi connectivity index (χ0n) is 11.0. The number of hydrogen-bond donors (Lipinski definition) is 1. The van der Waals surface area contributed by atoms with Gasteiger partial charge in [-0.2, -0.15) is 0 Å². The fraction of sp³-hybridized carbons (Fsp3) is 0.357. The van der Waals surface area contributed by atoms with Crippen molar-refractivity contribution in [2.75, 3.05) is 36.0 Å². The van der Waals surface area contributed by atoms with Crippen LogP contribution in [-0.4, -0.2) is 36.3 Å². The molecular formula is C14H16FN3OS. The smallest absolute Gasteiger partial charge is 0.185 e.